The van der Waals surface area contributed by atoms with Crippen molar-refractivity contribution in [3.05, 3.63) is 60.8 Å². The molecule has 0 amide bonds. The molecule has 0 saturated carbocycles. The molecule has 0 aliphatic heterocycles. The van der Waals surface area contributed by atoms with Crippen LogP contribution in [0.15, 0.2) is 60.8 Å². The predicted octanol–water partition coefficient (Wildman–Crippen LogP) is 4.66. The molecule has 0 saturated heterocycles. The smallest absolute Gasteiger partial charge is 0.305 e. The predicted molar refractivity (Wildman–Crippen MR) is 120 cm³/mol. The second-order valence-corrected chi connectivity index (χ2v) is 6.57. The highest BCUT2D eigenvalue weighted by atomic mass is 16.5. The quantitative estimate of drug-likeness (QED) is 0.268. The molecule has 0 spiro atoms. The van der Waals surface area contributed by atoms with E-state index in [-0.39, 0.29) is 12.4 Å². The summed E-state index contributed by atoms with van der Waals surface area (Å²) in [5.41, 5.74) is 0. The Hall–Kier alpha value is -2.35. The molecule has 0 rings (SSSR count). The molecule has 0 heterocycles. The van der Waals surface area contributed by atoms with E-state index in [0.717, 1.165) is 12.8 Å². The van der Waals surface area contributed by atoms with E-state index < -0.39 is 12.2 Å². The topological polar surface area (TPSA) is 66.8 Å². The maximum atomic E-state index is 11.0. The fourth-order valence-corrected chi connectivity index (χ4v) is 2.36. The highest BCUT2D eigenvalue weighted by molar-refractivity contribution is 5.68. The van der Waals surface area contributed by atoms with E-state index in [1.54, 1.807) is 12.2 Å². The minimum absolute atomic E-state index is 0.239. The zero-order valence-electron chi connectivity index (χ0n) is 18.0. The third-order valence-electron chi connectivity index (χ3n) is 4.33. The van der Waals surface area contributed by atoms with Crippen LogP contribution in [0.5, 0.6) is 0 Å². The van der Waals surface area contributed by atoms with E-state index >= 15 is 0 Å². The molecule has 29 heavy (non-hydrogen) atoms. The van der Waals surface area contributed by atoms with Crippen molar-refractivity contribution in [2.75, 3.05) is 7.11 Å². The minimum atomic E-state index is -0.960. The van der Waals surface area contributed by atoms with E-state index in [2.05, 4.69) is 36.5 Å². The highest BCUT2D eigenvalue weighted by Gasteiger charge is 2.13. The number of ether oxygens (including phenoxy) is 1. The summed E-state index contributed by atoms with van der Waals surface area (Å²) in [7, 11) is 1.33. The number of methoxy groups -OCH3 is 1. The number of allylic oxidation sites excluding steroid dienone is 9. The van der Waals surface area contributed by atoms with Crippen LogP contribution < -0.4 is 0 Å². The minimum Gasteiger partial charge on any atom is -0.469 e. The Morgan fingerprint density at radius 2 is 1.66 bits per heavy atom. The first-order valence-corrected chi connectivity index (χ1v) is 10.3. The molecule has 2 atom stereocenters. The molecule has 2 N–H and O–H groups in total. The van der Waals surface area contributed by atoms with Gasteiger partial charge < -0.3 is 14.9 Å². The summed E-state index contributed by atoms with van der Waals surface area (Å²) in [6.45, 7) is 4.37. The second-order valence-electron chi connectivity index (χ2n) is 6.57. The van der Waals surface area contributed by atoms with Gasteiger partial charge in [-0.3, -0.25) is 4.79 Å². The molecule has 0 radical (unpaired) electrons. The summed E-state index contributed by atoms with van der Waals surface area (Å²) >= 11 is 0. The Balaban J connectivity index is 4.04. The first kappa shape index (κ1) is 26.6. The zero-order valence-corrected chi connectivity index (χ0v) is 18.0. The van der Waals surface area contributed by atoms with E-state index in [4.69, 9.17) is 0 Å². The van der Waals surface area contributed by atoms with Crippen molar-refractivity contribution < 1.29 is 19.7 Å². The Bertz CT molecular complexity index is 625. The molecule has 0 aromatic carbocycles. The summed E-state index contributed by atoms with van der Waals surface area (Å²) in [5, 5.41) is 19.6. The first-order chi connectivity index (χ1) is 14.0. The van der Waals surface area contributed by atoms with Gasteiger partial charge in [0.2, 0.25) is 0 Å². The van der Waals surface area contributed by atoms with E-state index in [0.29, 0.717) is 25.2 Å². The molecule has 2 unspecified atom stereocenters. The van der Waals surface area contributed by atoms with E-state index in [9.17, 15) is 15.0 Å². The molecule has 0 aliphatic rings. The number of aliphatic hydroxyl groups is 2. The molecule has 4 heteroatoms. The summed E-state index contributed by atoms with van der Waals surface area (Å²) in [6, 6.07) is 0. The van der Waals surface area contributed by atoms with Crippen LogP contribution in [-0.2, 0) is 9.53 Å². The lowest BCUT2D eigenvalue weighted by Crippen LogP contribution is -2.23. The Labute approximate surface area is 176 Å². The van der Waals surface area contributed by atoms with Crippen molar-refractivity contribution in [1.82, 2.24) is 0 Å². The van der Waals surface area contributed by atoms with E-state index in [1.807, 2.05) is 36.5 Å². The van der Waals surface area contributed by atoms with Gasteiger partial charge in [0, 0.05) is 12.8 Å². The van der Waals surface area contributed by atoms with Gasteiger partial charge in [0.15, 0.2) is 0 Å². The van der Waals surface area contributed by atoms with Crippen LogP contribution in [0.1, 0.15) is 52.4 Å². The van der Waals surface area contributed by atoms with Crippen molar-refractivity contribution in [2.45, 2.75) is 64.6 Å². The van der Waals surface area contributed by atoms with Gasteiger partial charge in [-0.1, -0.05) is 80.4 Å². The van der Waals surface area contributed by atoms with Gasteiger partial charge in [0.05, 0.1) is 19.3 Å². The fourth-order valence-electron chi connectivity index (χ4n) is 2.36. The lowest BCUT2D eigenvalue weighted by molar-refractivity contribution is -0.140. The van der Waals surface area contributed by atoms with Gasteiger partial charge in [0.25, 0.3) is 0 Å². The standard InChI is InChI=1S/C25H36O4/c1-4-22(5-2)18-15-13-11-9-7-6-8-10-12-14-16-19-23(26)24(27)20-17-21-25(28)29-3/h6-8,10,12,14-16,18-19,22-24,26-27H,4-5,9,17,20-21H2,1-3H3/b7-6-,10-8+,14-12+,18-15+,19-16+. The van der Waals surface area contributed by atoms with E-state index in [1.165, 1.54) is 13.2 Å². The molecule has 4 nitrogen and oxygen atoms in total. The van der Waals surface area contributed by atoms with Gasteiger partial charge in [0.1, 0.15) is 0 Å². The van der Waals surface area contributed by atoms with Crippen LogP contribution >= 0.6 is 0 Å². The number of carbonyl (C=O) groups is 1. The van der Waals surface area contributed by atoms with Gasteiger partial charge in [-0.25, -0.2) is 0 Å². The highest BCUT2D eigenvalue weighted by Crippen LogP contribution is 2.08. The third-order valence-corrected chi connectivity index (χ3v) is 4.33. The Kier molecular flexibility index (Phi) is 17.4. The lowest BCUT2D eigenvalue weighted by atomic mass is 10.0. The third kappa shape index (κ3) is 16.3. The van der Waals surface area contributed by atoms with Gasteiger partial charge in [-0.15, -0.1) is 0 Å². The van der Waals surface area contributed by atoms with Crippen molar-refractivity contribution in [1.29, 1.82) is 0 Å². The monoisotopic (exact) mass is 400 g/mol. The van der Waals surface area contributed by atoms with Gasteiger partial charge in [-0.05, 0) is 37.7 Å². The summed E-state index contributed by atoms with van der Waals surface area (Å²) in [4.78, 5) is 11.0. The number of hydrogen-bond donors (Lipinski definition) is 2. The molecular formula is C25H36O4. The van der Waals surface area contributed by atoms with Crippen LogP contribution in [0, 0.1) is 17.8 Å². The number of esters is 1. The number of aliphatic hydroxyl groups excluding tert-OH is 2. The SMILES string of the molecule is CCC(/C=C/C#CC\C=C/C=C/C=C/C=C/C(O)C(O)CCCC(=O)OC)CC. The van der Waals surface area contributed by atoms with Crippen molar-refractivity contribution in [3.8, 4) is 11.8 Å². The summed E-state index contributed by atoms with van der Waals surface area (Å²) in [5.74, 6) is 6.44. The molecular weight excluding hydrogens is 364 g/mol. The van der Waals surface area contributed by atoms with Crippen LogP contribution in [0.4, 0.5) is 0 Å². The zero-order chi connectivity index (χ0) is 21.7. The molecule has 160 valence electrons. The van der Waals surface area contributed by atoms with Crippen molar-refractivity contribution in [3.63, 3.8) is 0 Å². The average Bonchev–Trinajstić information content (AvgIpc) is 2.73. The van der Waals surface area contributed by atoms with Gasteiger partial charge in [-0.2, -0.15) is 0 Å². The average molecular weight is 401 g/mol. The van der Waals surface area contributed by atoms with Crippen LogP contribution in [0.3, 0.4) is 0 Å². The summed E-state index contributed by atoms with van der Waals surface area (Å²) in [6.07, 6.45) is 20.9. The van der Waals surface area contributed by atoms with Crippen molar-refractivity contribution >= 4 is 5.97 Å². The Morgan fingerprint density at radius 1 is 1.00 bits per heavy atom. The second kappa shape index (κ2) is 19.0. The van der Waals surface area contributed by atoms with Crippen LogP contribution in [-0.4, -0.2) is 35.5 Å². The molecule has 0 aromatic rings. The maximum Gasteiger partial charge on any atom is 0.305 e. The molecule has 0 fully saturated rings. The fraction of sp³-hybridized carbons (Fsp3) is 0.480. The molecule has 0 aliphatic carbocycles. The molecule has 0 aromatic heterocycles. The lowest BCUT2D eigenvalue weighted by Gasteiger charge is -2.13. The normalized spacial score (nSPS) is 14.4. The number of rotatable bonds is 13. The first-order valence-electron chi connectivity index (χ1n) is 10.3. The summed E-state index contributed by atoms with van der Waals surface area (Å²) < 4.78 is 4.53. The van der Waals surface area contributed by atoms with Crippen molar-refractivity contribution in [2.24, 2.45) is 5.92 Å². The Morgan fingerprint density at radius 3 is 2.31 bits per heavy atom. The van der Waals surface area contributed by atoms with Crippen LogP contribution in [0.2, 0.25) is 0 Å². The van der Waals surface area contributed by atoms with Crippen LogP contribution in [0.25, 0.3) is 0 Å². The maximum absolute atomic E-state index is 11.0. The number of hydrogen-bond acceptors (Lipinski definition) is 4. The van der Waals surface area contributed by atoms with Gasteiger partial charge >= 0.3 is 5.97 Å². The largest absolute Gasteiger partial charge is 0.469 e. The molecule has 0 bridgehead atoms. The number of carbonyl (C=O) groups excluding carboxylic acids is 1.